The summed E-state index contributed by atoms with van der Waals surface area (Å²) in [6.45, 7) is 10.5. The Balaban J connectivity index is 2.06. The first-order valence-corrected chi connectivity index (χ1v) is 8.43. The Morgan fingerprint density at radius 3 is 2.23 bits per heavy atom. The van der Waals surface area contributed by atoms with Crippen LogP contribution < -0.4 is 5.32 Å². The maximum atomic E-state index is 12.2. The number of hydrogen-bond acceptors (Lipinski definition) is 2. The van der Waals surface area contributed by atoms with E-state index in [-0.39, 0.29) is 5.91 Å². The van der Waals surface area contributed by atoms with E-state index in [0.29, 0.717) is 5.75 Å². The molecular weight excluding hydrogens is 290 g/mol. The van der Waals surface area contributed by atoms with Crippen molar-refractivity contribution in [1.82, 2.24) is 0 Å². The van der Waals surface area contributed by atoms with Crippen molar-refractivity contribution in [1.29, 1.82) is 0 Å². The van der Waals surface area contributed by atoms with Crippen LogP contribution in [-0.4, -0.2) is 11.7 Å². The molecule has 3 heteroatoms. The Morgan fingerprint density at radius 2 is 1.64 bits per heavy atom. The van der Waals surface area contributed by atoms with Gasteiger partial charge in [-0.3, -0.25) is 4.79 Å². The molecule has 0 bridgehead atoms. The molecule has 0 fully saturated rings. The van der Waals surface area contributed by atoms with Gasteiger partial charge in [-0.1, -0.05) is 18.2 Å². The van der Waals surface area contributed by atoms with E-state index in [1.807, 2.05) is 31.2 Å². The van der Waals surface area contributed by atoms with E-state index in [1.54, 1.807) is 11.8 Å². The second-order valence-corrected chi connectivity index (χ2v) is 6.78. The molecule has 0 aromatic heterocycles. The highest BCUT2D eigenvalue weighted by Gasteiger charge is 2.11. The van der Waals surface area contributed by atoms with Crippen molar-refractivity contribution < 1.29 is 4.79 Å². The predicted molar refractivity (Wildman–Crippen MR) is 95.9 cm³/mol. The Labute approximate surface area is 137 Å². The number of anilines is 1. The van der Waals surface area contributed by atoms with Crippen LogP contribution in [0.15, 0.2) is 35.2 Å². The summed E-state index contributed by atoms with van der Waals surface area (Å²) in [5.41, 5.74) is 7.12. The quantitative estimate of drug-likeness (QED) is 0.808. The van der Waals surface area contributed by atoms with Gasteiger partial charge < -0.3 is 5.32 Å². The van der Waals surface area contributed by atoms with Gasteiger partial charge in [0, 0.05) is 10.6 Å². The van der Waals surface area contributed by atoms with E-state index in [4.69, 9.17) is 0 Å². The van der Waals surface area contributed by atoms with Crippen LogP contribution in [0.3, 0.4) is 0 Å². The first-order chi connectivity index (χ1) is 10.4. The van der Waals surface area contributed by atoms with E-state index < -0.39 is 0 Å². The molecule has 22 heavy (non-hydrogen) atoms. The lowest BCUT2D eigenvalue weighted by Gasteiger charge is -2.14. The highest BCUT2D eigenvalue weighted by Crippen LogP contribution is 2.30. The van der Waals surface area contributed by atoms with Crippen molar-refractivity contribution in [2.45, 2.75) is 39.5 Å². The Hall–Kier alpha value is -1.74. The molecule has 1 amide bonds. The summed E-state index contributed by atoms with van der Waals surface area (Å²) in [6, 6.07) is 10.1. The minimum atomic E-state index is 0.0357. The number of hydrogen-bond donors (Lipinski definition) is 1. The summed E-state index contributed by atoms with van der Waals surface area (Å²) < 4.78 is 0. The van der Waals surface area contributed by atoms with Gasteiger partial charge in [0.05, 0.1) is 5.75 Å². The number of nitrogens with one attached hydrogen (secondary N) is 1. The van der Waals surface area contributed by atoms with Crippen molar-refractivity contribution in [3.63, 3.8) is 0 Å². The molecule has 0 atom stereocenters. The number of aryl methyl sites for hydroxylation is 3. The van der Waals surface area contributed by atoms with Crippen molar-refractivity contribution in [3.05, 3.63) is 58.1 Å². The standard InChI is InChI=1S/C19H23NOS/c1-12-7-6-8-17(9-12)20-18(21)11-22-19-15(4)13(2)10-14(3)16(19)5/h6-10H,11H2,1-5H3,(H,20,21). The molecule has 2 aromatic rings. The van der Waals surface area contributed by atoms with Gasteiger partial charge in [-0.2, -0.15) is 0 Å². The lowest BCUT2D eigenvalue weighted by molar-refractivity contribution is -0.113. The van der Waals surface area contributed by atoms with E-state index in [1.165, 1.54) is 27.1 Å². The predicted octanol–water partition coefficient (Wildman–Crippen LogP) is 4.96. The van der Waals surface area contributed by atoms with Crippen molar-refractivity contribution >= 4 is 23.4 Å². The number of rotatable bonds is 4. The fourth-order valence-corrected chi connectivity index (χ4v) is 3.56. The molecular formula is C19H23NOS. The fourth-order valence-electron chi connectivity index (χ4n) is 2.45. The summed E-state index contributed by atoms with van der Waals surface area (Å²) in [6.07, 6.45) is 0. The summed E-state index contributed by atoms with van der Waals surface area (Å²) in [4.78, 5) is 13.4. The molecule has 116 valence electrons. The van der Waals surface area contributed by atoms with Gasteiger partial charge in [-0.25, -0.2) is 0 Å². The number of carbonyl (C=O) groups is 1. The molecule has 0 aliphatic heterocycles. The maximum absolute atomic E-state index is 12.2. The van der Waals surface area contributed by atoms with Gasteiger partial charge in [0.15, 0.2) is 0 Å². The molecule has 1 N–H and O–H groups in total. The highest BCUT2D eigenvalue weighted by molar-refractivity contribution is 8.00. The fraction of sp³-hybridized carbons (Fsp3) is 0.316. The van der Waals surface area contributed by atoms with Crippen LogP contribution >= 0.6 is 11.8 Å². The van der Waals surface area contributed by atoms with Crippen LogP contribution in [0.25, 0.3) is 0 Å². The summed E-state index contributed by atoms with van der Waals surface area (Å²) in [5.74, 6) is 0.465. The molecule has 0 aliphatic carbocycles. The second kappa shape index (κ2) is 7.01. The smallest absolute Gasteiger partial charge is 0.234 e. The topological polar surface area (TPSA) is 29.1 Å². The third kappa shape index (κ3) is 3.92. The summed E-state index contributed by atoms with van der Waals surface area (Å²) >= 11 is 1.62. The number of benzene rings is 2. The molecule has 0 unspecified atom stereocenters. The SMILES string of the molecule is Cc1cccc(NC(=O)CSc2c(C)c(C)cc(C)c2C)c1. The van der Waals surface area contributed by atoms with Crippen LogP contribution in [0.5, 0.6) is 0 Å². The van der Waals surface area contributed by atoms with Crippen LogP contribution in [0.4, 0.5) is 5.69 Å². The first-order valence-electron chi connectivity index (χ1n) is 7.45. The van der Waals surface area contributed by atoms with E-state index in [2.05, 4.69) is 39.1 Å². The van der Waals surface area contributed by atoms with Crippen molar-refractivity contribution in [2.24, 2.45) is 0 Å². The normalized spacial score (nSPS) is 10.6. The third-order valence-electron chi connectivity index (χ3n) is 3.95. The number of carbonyl (C=O) groups excluding carboxylic acids is 1. The average Bonchev–Trinajstić information content (AvgIpc) is 2.45. The van der Waals surface area contributed by atoms with E-state index in [0.717, 1.165) is 11.3 Å². The molecule has 0 aliphatic rings. The monoisotopic (exact) mass is 313 g/mol. The summed E-state index contributed by atoms with van der Waals surface area (Å²) in [5, 5.41) is 2.96. The van der Waals surface area contributed by atoms with Crippen LogP contribution in [0.2, 0.25) is 0 Å². The molecule has 2 nitrogen and oxygen atoms in total. The van der Waals surface area contributed by atoms with Gasteiger partial charge in [-0.05, 0) is 74.6 Å². The van der Waals surface area contributed by atoms with E-state index >= 15 is 0 Å². The van der Waals surface area contributed by atoms with Crippen LogP contribution in [0, 0.1) is 34.6 Å². The second-order valence-electron chi connectivity index (χ2n) is 5.80. The molecule has 0 saturated carbocycles. The average molecular weight is 313 g/mol. The van der Waals surface area contributed by atoms with Gasteiger partial charge in [0.1, 0.15) is 0 Å². The highest BCUT2D eigenvalue weighted by atomic mass is 32.2. The van der Waals surface area contributed by atoms with Crippen LogP contribution in [-0.2, 0) is 4.79 Å². The number of amides is 1. The Kier molecular flexibility index (Phi) is 5.30. The van der Waals surface area contributed by atoms with Crippen LogP contribution in [0.1, 0.15) is 27.8 Å². The van der Waals surface area contributed by atoms with Gasteiger partial charge in [-0.15, -0.1) is 11.8 Å². The zero-order chi connectivity index (χ0) is 16.3. The molecule has 0 radical (unpaired) electrons. The molecule has 0 saturated heterocycles. The zero-order valence-electron chi connectivity index (χ0n) is 13.9. The third-order valence-corrected chi connectivity index (χ3v) is 5.25. The van der Waals surface area contributed by atoms with Crippen molar-refractivity contribution in [2.75, 3.05) is 11.1 Å². The minimum Gasteiger partial charge on any atom is -0.325 e. The molecule has 0 heterocycles. The first kappa shape index (κ1) is 16.6. The lowest BCUT2D eigenvalue weighted by atomic mass is 10.0. The maximum Gasteiger partial charge on any atom is 0.234 e. The molecule has 0 spiro atoms. The van der Waals surface area contributed by atoms with Crippen molar-refractivity contribution in [3.8, 4) is 0 Å². The van der Waals surface area contributed by atoms with E-state index in [9.17, 15) is 4.79 Å². The van der Waals surface area contributed by atoms with Gasteiger partial charge in [0.25, 0.3) is 0 Å². The largest absolute Gasteiger partial charge is 0.325 e. The molecule has 2 rings (SSSR count). The van der Waals surface area contributed by atoms with Gasteiger partial charge >= 0.3 is 0 Å². The van der Waals surface area contributed by atoms with Gasteiger partial charge in [0.2, 0.25) is 5.91 Å². The summed E-state index contributed by atoms with van der Waals surface area (Å²) in [7, 11) is 0. The Morgan fingerprint density at radius 1 is 1.00 bits per heavy atom. The zero-order valence-corrected chi connectivity index (χ0v) is 14.7. The molecule has 2 aromatic carbocycles. The Bertz CT molecular complexity index is 681. The lowest BCUT2D eigenvalue weighted by Crippen LogP contribution is -2.14. The number of thioether (sulfide) groups is 1. The minimum absolute atomic E-state index is 0.0357.